The van der Waals surface area contributed by atoms with Gasteiger partial charge in [0.05, 0.1) is 12.9 Å². The van der Waals surface area contributed by atoms with Crippen LogP contribution < -0.4 is 4.72 Å². The first-order valence-electron chi connectivity index (χ1n) is 4.60. The Labute approximate surface area is 90.6 Å². The van der Waals surface area contributed by atoms with Crippen LogP contribution in [-0.2, 0) is 19.6 Å². The van der Waals surface area contributed by atoms with Crippen LogP contribution >= 0.6 is 0 Å². The minimum Gasteiger partial charge on any atom is -0.469 e. The van der Waals surface area contributed by atoms with Gasteiger partial charge in [-0.2, -0.15) is 0 Å². The first kappa shape index (κ1) is 14.1. The molecule has 15 heavy (non-hydrogen) atoms. The Bertz CT molecular complexity index is 310. The third kappa shape index (κ3) is 7.10. The summed E-state index contributed by atoms with van der Waals surface area (Å²) in [6, 6.07) is -0.298. The van der Waals surface area contributed by atoms with Crippen molar-refractivity contribution in [2.75, 3.05) is 12.9 Å². The van der Waals surface area contributed by atoms with E-state index < -0.39 is 16.0 Å². The van der Waals surface area contributed by atoms with Crippen LogP contribution in [0.1, 0.15) is 19.8 Å². The van der Waals surface area contributed by atoms with Crippen molar-refractivity contribution in [3.8, 4) is 0 Å². The van der Waals surface area contributed by atoms with E-state index in [4.69, 9.17) is 0 Å². The highest BCUT2D eigenvalue weighted by Crippen LogP contribution is 1.98. The number of carbonyl (C=O) groups excluding carboxylic acids is 1. The molecule has 5 nitrogen and oxygen atoms in total. The van der Waals surface area contributed by atoms with Crippen molar-refractivity contribution >= 4 is 16.0 Å². The molecule has 6 heteroatoms. The number of esters is 1. The van der Waals surface area contributed by atoms with Crippen LogP contribution in [0, 0.1) is 0 Å². The number of nitrogens with one attached hydrogen (secondary N) is 1. The fourth-order valence-electron chi connectivity index (χ4n) is 0.899. The van der Waals surface area contributed by atoms with E-state index in [1.807, 2.05) is 0 Å². The summed E-state index contributed by atoms with van der Waals surface area (Å²) in [7, 11) is -2.05. The summed E-state index contributed by atoms with van der Waals surface area (Å²) in [5.74, 6) is -0.484. The molecule has 0 saturated heterocycles. The molecule has 1 unspecified atom stereocenters. The molecule has 0 aromatic rings. The molecule has 0 heterocycles. The zero-order valence-electron chi connectivity index (χ0n) is 9.02. The van der Waals surface area contributed by atoms with Gasteiger partial charge in [-0.1, -0.05) is 6.08 Å². The van der Waals surface area contributed by atoms with Crippen LogP contribution in [0.5, 0.6) is 0 Å². The number of ether oxygens (including phenoxy) is 1. The van der Waals surface area contributed by atoms with E-state index in [9.17, 15) is 13.2 Å². The molecule has 0 aromatic heterocycles. The molecular weight excluding hydrogens is 218 g/mol. The fourth-order valence-corrected chi connectivity index (χ4v) is 2.20. The van der Waals surface area contributed by atoms with Crippen molar-refractivity contribution in [2.24, 2.45) is 0 Å². The standard InChI is InChI=1S/C9H17NO4S/c1-4-8(2)10-15(12,13)7-5-6-9(11)14-3/h4,8,10H,1,5-7H2,2-3H3. The summed E-state index contributed by atoms with van der Waals surface area (Å²) in [6.07, 6.45) is 1.86. The Morgan fingerprint density at radius 1 is 1.60 bits per heavy atom. The summed E-state index contributed by atoms with van der Waals surface area (Å²) >= 11 is 0. The predicted octanol–water partition coefficient (Wildman–Crippen LogP) is 0.433. The zero-order valence-corrected chi connectivity index (χ0v) is 9.84. The highest BCUT2D eigenvalue weighted by atomic mass is 32.2. The van der Waals surface area contributed by atoms with Crippen LogP contribution in [-0.4, -0.2) is 33.3 Å². The number of sulfonamides is 1. The summed E-state index contributed by atoms with van der Waals surface area (Å²) < 4.78 is 29.5. The summed E-state index contributed by atoms with van der Waals surface area (Å²) in [5.41, 5.74) is 0. The smallest absolute Gasteiger partial charge is 0.305 e. The molecule has 0 aliphatic heterocycles. The van der Waals surface area contributed by atoms with E-state index in [-0.39, 0.29) is 24.6 Å². The largest absolute Gasteiger partial charge is 0.469 e. The third-order valence-electron chi connectivity index (χ3n) is 1.74. The maximum Gasteiger partial charge on any atom is 0.305 e. The van der Waals surface area contributed by atoms with Gasteiger partial charge in [0, 0.05) is 12.5 Å². The van der Waals surface area contributed by atoms with Gasteiger partial charge in [-0.25, -0.2) is 13.1 Å². The van der Waals surface area contributed by atoms with Gasteiger partial charge in [0.1, 0.15) is 0 Å². The Hall–Kier alpha value is -0.880. The monoisotopic (exact) mass is 235 g/mol. The van der Waals surface area contributed by atoms with Gasteiger partial charge < -0.3 is 4.74 Å². The second kappa shape index (κ2) is 6.58. The zero-order chi connectivity index (χ0) is 11.9. The number of methoxy groups -OCH3 is 1. The van der Waals surface area contributed by atoms with Crippen molar-refractivity contribution in [1.29, 1.82) is 0 Å². The van der Waals surface area contributed by atoms with Crippen molar-refractivity contribution < 1.29 is 17.9 Å². The highest BCUT2D eigenvalue weighted by molar-refractivity contribution is 7.89. The van der Waals surface area contributed by atoms with Gasteiger partial charge in [-0.3, -0.25) is 4.79 Å². The van der Waals surface area contributed by atoms with E-state index in [0.29, 0.717) is 0 Å². The minimum absolute atomic E-state index is 0.0831. The van der Waals surface area contributed by atoms with Gasteiger partial charge in [0.25, 0.3) is 0 Å². The molecule has 0 bridgehead atoms. The number of hydrogen-bond acceptors (Lipinski definition) is 4. The van der Waals surface area contributed by atoms with Gasteiger partial charge in [0.15, 0.2) is 0 Å². The Morgan fingerprint density at radius 3 is 2.67 bits per heavy atom. The molecule has 0 amide bonds. The SMILES string of the molecule is C=CC(C)NS(=O)(=O)CCCC(=O)OC. The molecular formula is C9H17NO4S. The average molecular weight is 235 g/mol. The highest BCUT2D eigenvalue weighted by Gasteiger charge is 2.13. The number of hydrogen-bond donors (Lipinski definition) is 1. The Morgan fingerprint density at radius 2 is 2.20 bits per heavy atom. The predicted molar refractivity (Wildman–Crippen MR) is 57.8 cm³/mol. The summed E-state index contributed by atoms with van der Waals surface area (Å²) in [4.78, 5) is 10.7. The lowest BCUT2D eigenvalue weighted by atomic mass is 10.3. The van der Waals surface area contributed by atoms with Crippen molar-refractivity contribution in [3.63, 3.8) is 0 Å². The Kier molecular flexibility index (Phi) is 6.19. The fraction of sp³-hybridized carbons (Fsp3) is 0.667. The molecule has 0 radical (unpaired) electrons. The van der Waals surface area contributed by atoms with Gasteiger partial charge in [0.2, 0.25) is 10.0 Å². The van der Waals surface area contributed by atoms with Crippen LogP contribution in [0.4, 0.5) is 0 Å². The number of carbonyl (C=O) groups is 1. The maximum atomic E-state index is 11.4. The van der Waals surface area contributed by atoms with E-state index in [0.717, 1.165) is 0 Å². The van der Waals surface area contributed by atoms with Gasteiger partial charge >= 0.3 is 5.97 Å². The van der Waals surface area contributed by atoms with Crippen LogP contribution in [0.15, 0.2) is 12.7 Å². The molecule has 0 aliphatic rings. The van der Waals surface area contributed by atoms with Gasteiger partial charge in [-0.05, 0) is 13.3 Å². The Balaban J connectivity index is 3.95. The molecule has 1 atom stereocenters. The van der Waals surface area contributed by atoms with E-state index in [1.54, 1.807) is 6.92 Å². The molecule has 0 aromatic carbocycles. The normalized spacial score (nSPS) is 13.2. The maximum absolute atomic E-state index is 11.4. The molecule has 1 N–H and O–H groups in total. The molecule has 0 fully saturated rings. The van der Waals surface area contributed by atoms with Gasteiger partial charge in [-0.15, -0.1) is 6.58 Å². The van der Waals surface area contributed by atoms with E-state index >= 15 is 0 Å². The van der Waals surface area contributed by atoms with Crippen LogP contribution in [0.3, 0.4) is 0 Å². The minimum atomic E-state index is -3.33. The molecule has 88 valence electrons. The lowest BCUT2D eigenvalue weighted by Crippen LogP contribution is -2.33. The van der Waals surface area contributed by atoms with E-state index in [1.165, 1.54) is 13.2 Å². The molecule has 0 saturated carbocycles. The lowest BCUT2D eigenvalue weighted by molar-refractivity contribution is -0.140. The molecule has 0 spiro atoms. The average Bonchev–Trinajstić information content (AvgIpc) is 2.16. The van der Waals surface area contributed by atoms with Crippen molar-refractivity contribution in [2.45, 2.75) is 25.8 Å². The van der Waals surface area contributed by atoms with Crippen LogP contribution in [0.2, 0.25) is 0 Å². The summed E-state index contributed by atoms with van der Waals surface area (Å²) in [5, 5.41) is 0. The summed E-state index contributed by atoms with van der Waals surface area (Å²) in [6.45, 7) is 5.15. The quantitative estimate of drug-likeness (QED) is 0.513. The first-order chi connectivity index (χ1) is 6.91. The van der Waals surface area contributed by atoms with Crippen molar-refractivity contribution in [3.05, 3.63) is 12.7 Å². The first-order valence-corrected chi connectivity index (χ1v) is 6.26. The second-order valence-electron chi connectivity index (χ2n) is 3.14. The third-order valence-corrected chi connectivity index (χ3v) is 3.30. The van der Waals surface area contributed by atoms with Crippen LogP contribution in [0.25, 0.3) is 0 Å². The molecule has 0 aliphatic carbocycles. The molecule has 0 rings (SSSR count). The van der Waals surface area contributed by atoms with Crippen molar-refractivity contribution in [1.82, 2.24) is 4.72 Å². The van der Waals surface area contributed by atoms with E-state index in [2.05, 4.69) is 16.0 Å². The number of rotatable bonds is 7. The lowest BCUT2D eigenvalue weighted by Gasteiger charge is -2.09. The topological polar surface area (TPSA) is 72.5 Å². The second-order valence-corrected chi connectivity index (χ2v) is 5.01.